The molecule has 1 N–H and O–H groups in total. The zero-order chi connectivity index (χ0) is 19.9. The third kappa shape index (κ3) is 3.75. The number of thiol groups is 1. The van der Waals surface area contributed by atoms with Crippen molar-refractivity contribution < 1.29 is 4.55 Å². The molecule has 1 aromatic heterocycles. The van der Waals surface area contributed by atoms with Crippen LogP contribution in [0.1, 0.15) is 50.8 Å². The third-order valence-corrected chi connectivity index (χ3v) is 7.65. The van der Waals surface area contributed by atoms with Gasteiger partial charge < -0.3 is 9.45 Å². The van der Waals surface area contributed by atoms with E-state index in [4.69, 9.17) is 0 Å². The average molecular weight is 418 g/mol. The van der Waals surface area contributed by atoms with Gasteiger partial charge in [-0.15, -0.1) is 27.5 Å². The summed E-state index contributed by atoms with van der Waals surface area (Å²) >= 11 is 3.05. The number of hydrogen-bond acceptors (Lipinski definition) is 7. The second-order valence-electron chi connectivity index (χ2n) is 8.77. The van der Waals surface area contributed by atoms with Crippen molar-refractivity contribution in [3.05, 3.63) is 41.6 Å². The maximum Gasteiger partial charge on any atom is 0.245 e. The summed E-state index contributed by atoms with van der Waals surface area (Å²) < 4.78 is 16.1. The van der Waals surface area contributed by atoms with E-state index in [-0.39, 0.29) is 16.2 Å². The number of fused-ring (bicyclic) bond motifs is 1. The molecule has 2 aliphatic rings. The highest BCUT2D eigenvalue weighted by atomic mass is 32.2. The van der Waals surface area contributed by atoms with Crippen LogP contribution in [0.5, 0.6) is 0 Å². The van der Waals surface area contributed by atoms with Gasteiger partial charge in [-0.05, 0) is 51.2 Å². The molecule has 2 heterocycles. The number of nitrogens with zero attached hydrogens (tertiary/aromatic N) is 4. The Morgan fingerprint density at radius 3 is 2.57 bits per heavy atom. The summed E-state index contributed by atoms with van der Waals surface area (Å²) in [6.45, 7) is 7.77. The van der Waals surface area contributed by atoms with E-state index in [1.807, 2.05) is 20.8 Å². The van der Waals surface area contributed by atoms with Crippen LogP contribution in [0.15, 0.2) is 35.5 Å². The van der Waals surface area contributed by atoms with Crippen LogP contribution in [0, 0.1) is 5.41 Å². The molecule has 0 bridgehead atoms. The lowest BCUT2D eigenvalue weighted by atomic mass is 9.73. The maximum absolute atomic E-state index is 12.9. The van der Waals surface area contributed by atoms with Crippen molar-refractivity contribution in [2.75, 3.05) is 18.0 Å². The Morgan fingerprint density at radius 1 is 1.21 bits per heavy atom. The van der Waals surface area contributed by atoms with Crippen LogP contribution in [0.4, 0.5) is 5.95 Å². The number of benzene rings is 1. The normalized spacial score (nSPS) is 22.3. The predicted octanol–water partition coefficient (Wildman–Crippen LogP) is 3.10. The second-order valence-corrected chi connectivity index (χ2v) is 11.2. The van der Waals surface area contributed by atoms with Gasteiger partial charge in [0.05, 0.1) is 12.2 Å². The molecule has 6 nitrogen and oxygen atoms in total. The van der Waals surface area contributed by atoms with Gasteiger partial charge in [-0.2, -0.15) is 0 Å². The Morgan fingerprint density at radius 2 is 1.93 bits per heavy atom. The molecule has 8 heteroatoms. The number of nitrogens with one attached hydrogen (secondary N) is 1. The van der Waals surface area contributed by atoms with Gasteiger partial charge in [0.15, 0.2) is 0 Å². The van der Waals surface area contributed by atoms with Crippen LogP contribution in [0.2, 0.25) is 0 Å². The van der Waals surface area contributed by atoms with E-state index in [1.54, 1.807) is 6.20 Å². The SMILES string of the molecule is CC(C)(C)[S@@+]([O-])N[C@@H]1c2ccccc2CC12CCN(c1ncc(S)nn1)CC2. The van der Waals surface area contributed by atoms with Crippen LogP contribution in [0.25, 0.3) is 0 Å². The minimum atomic E-state index is -1.12. The number of rotatable bonds is 3. The van der Waals surface area contributed by atoms with Crippen molar-refractivity contribution in [3.63, 3.8) is 0 Å². The van der Waals surface area contributed by atoms with E-state index >= 15 is 0 Å². The van der Waals surface area contributed by atoms with Crippen LogP contribution >= 0.6 is 12.6 Å². The van der Waals surface area contributed by atoms with Crippen molar-refractivity contribution in [1.29, 1.82) is 0 Å². The molecule has 1 aromatic carbocycles. The first kappa shape index (κ1) is 19.9. The Balaban J connectivity index is 1.56. The molecule has 28 heavy (non-hydrogen) atoms. The lowest BCUT2D eigenvalue weighted by Crippen LogP contribution is -2.50. The monoisotopic (exact) mass is 417 g/mol. The van der Waals surface area contributed by atoms with E-state index in [1.165, 1.54) is 11.1 Å². The molecule has 1 saturated heterocycles. The zero-order valence-corrected chi connectivity index (χ0v) is 18.3. The van der Waals surface area contributed by atoms with Crippen LogP contribution in [-0.4, -0.2) is 37.6 Å². The average Bonchev–Trinajstić information content (AvgIpc) is 2.95. The van der Waals surface area contributed by atoms with E-state index < -0.39 is 11.4 Å². The van der Waals surface area contributed by atoms with E-state index in [2.05, 4.69) is 61.7 Å². The fraction of sp³-hybridized carbons (Fsp3) is 0.550. The third-order valence-electron chi connectivity index (χ3n) is 5.88. The molecule has 2 aromatic rings. The Labute approximate surface area is 175 Å². The number of piperidine rings is 1. The molecule has 0 saturated carbocycles. The van der Waals surface area contributed by atoms with Crippen LogP contribution in [0.3, 0.4) is 0 Å². The molecule has 4 rings (SSSR count). The molecule has 2 atom stereocenters. The number of hydrogen-bond donors (Lipinski definition) is 2. The van der Waals surface area contributed by atoms with E-state index in [9.17, 15) is 4.55 Å². The first-order valence-corrected chi connectivity index (χ1v) is 11.3. The summed E-state index contributed by atoms with van der Waals surface area (Å²) in [5.41, 5.74) is 2.74. The van der Waals surface area contributed by atoms with Gasteiger partial charge >= 0.3 is 0 Å². The zero-order valence-electron chi connectivity index (χ0n) is 16.6. The Kier molecular flexibility index (Phi) is 5.33. The van der Waals surface area contributed by atoms with Gasteiger partial charge in [0.1, 0.15) is 9.77 Å². The van der Waals surface area contributed by atoms with Crippen molar-refractivity contribution in [2.45, 2.75) is 55.8 Å². The lowest BCUT2D eigenvalue weighted by molar-refractivity contribution is 0.175. The lowest BCUT2D eigenvalue weighted by Gasteiger charge is -2.43. The van der Waals surface area contributed by atoms with Gasteiger partial charge in [-0.25, -0.2) is 4.98 Å². The number of anilines is 1. The molecular formula is C20H27N5OS2. The highest BCUT2D eigenvalue weighted by Gasteiger charge is 2.50. The second kappa shape index (κ2) is 7.48. The summed E-state index contributed by atoms with van der Waals surface area (Å²) in [5, 5.41) is 8.72. The minimum Gasteiger partial charge on any atom is -0.598 e. The summed E-state index contributed by atoms with van der Waals surface area (Å²) in [6.07, 6.45) is 4.64. The van der Waals surface area contributed by atoms with E-state index in [0.717, 1.165) is 32.4 Å². The van der Waals surface area contributed by atoms with Crippen LogP contribution in [-0.2, 0) is 17.8 Å². The van der Waals surface area contributed by atoms with Crippen molar-refractivity contribution in [1.82, 2.24) is 19.9 Å². The summed E-state index contributed by atoms with van der Waals surface area (Å²) in [4.78, 5) is 6.55. The standard InChI is InChI=1S/C20H27N5OS2/c1-19(2,3)28(26)24-17-15-7-5-4-6-14(15)12-20(17)8-10-25(11-9-20)18-21-13-16(27)22-23-18/h4-7,13,17,24H,8-12H2,1-3H3,(H,22,27)/t17-,28-/m1/s1. The van der Waals surface area contributed by atoms with Crippen LogP contribution < -0.4 is 9.62 Å². The Hall–Kier alpha value is -1.35. The van der Waals surface area contributed by atoms with Gasteiger partial charge in [-0.3, -0.25) is 0 Å². The quantitative estimate of drug-likeness (QED) is 0.590. The van der Waals surface area contributed by atoms with Crippen molar-refractivity contribution in [2.24, 2.45) is 5.41 Å². The summed E-state index contributed by atoms with van der Waals surface area (Å²) in [6, 6.07) is 8.68. The smallest absolute Gasteiger partial charge is 0.245 e. The fourth-order valence-electron chi connectivity index (χ4n) is 4.29. The fourth-order valence-corrected chi connectivity index (χ4v) is 5.33. The largest absolute Gasteiger partial charge is 0.598 e. The molecule has 1 fully saturated rings. The predicted molar refractivity (Wildman–Crippen MR) is 115 cm³/mol. The molecule has 150 valence electrons. The molecule has 0 amide bonds. The molecule has 0 radical (unpaired) electrons. The molecular weight excluding hydrogens is 390 g/mol. The maximum atomic E-state index is 12.9. The van der Waals surface area contributed by atoms with Gasteiger partial charge in [0, 0.05) is 29.9 Å². The highest BCUT2D eigenvalue weighted by Crippen LogP contribution is 2.52. The number of aromatic nitrogens is 3. The topological polar surface area (TPSA) is 77.0 Å². The first-order chi connectivity index (χ1) is 13.3. The molecule has 1 spiro atoms. The molecule has 1 aliphatic heterocycles. The van der Waals surface area contributed by atoms with E-state index in [0.29, 0.717) is 11.0 Å². The molecule has 0 unspecified atom stereocenters. The molecule has 1 aliphatic carbocycles. The van der Waals surface area contributed by atoms with Crippen molar-refractivity contribution in [3.8, 4) is 0 Å². The summed E-state index contributed by atoms with van der Waals surface area (Å²) in [7, 11) is 0. The first-order valence-electron chi connectivity index (χ1n) is 9.68. The highest BCUT2D eigenvalue weighted by molar-refractivity contribution is 7.90. The summed E-state index contributed by atoms with van der Waals surface area (Å²) in [5.74, 6) is 0.658. The van der Waals surface area contributed by atoms with Gasteiger partial charge in [0.25, 0.3) is 0 Å². The van der Waals surface area contributed by atoms with Crippen molar-refractivity contribution >= 4 is 29.9 Å². The van der Waals surface area contributed by atoms with Gasteiger partial charge in [-0.1, -0.05) is 24.3 Å². The van der Waals surface area contributed by atoms with Gasteiger partial charge in [0.2, 0.25) is 5.95 Å². The Bertz CT molecular complexity index is 831. The minimum absolute atomic E-state index is 0.0675.